The average Bonchev–Trinajstić information content (AvgIpc) is 2.78. The highest BCUT2D eigenvalue weighted by Crippen LogP contribution is 2.29. The molecule has 4 rings (SSSR count). The lowest BCUT2D eigenvalue weighted by molar-refractivity contribution is 0.601. The molecule has 0 aliphatic carbocycles. The fourth-order valence-corrected chi connectivity index (χ4v) is 4.34. The van der Waals surface area contributed by atoms with Crippen molar-refractivity contribution in [2.75, 3.05) is 4.72 Å². The molecule has 6 nitrogen and oxygen atoms in total. The van der Waals surface area contributed by atoms with E-state index >= 15 is 0 Å². The van der Waals surface area contributed by atoms with Crippen LogP contribution in [0, 0.1) is 0 Å². The molecular formula is C22H15Cl2N3O3S. The fraction of sp³-hybridized carbons (Fsp3) is 0. The molecule has 0 amide bonds. The average molecular weight is 472 g/mol. The van der Waals surface area contributed by atoms with Gasteiger partial charge in [-0.25, -0.2) is 8.42 Å². The van der Waals surface area contributed by atoms with E-state index in [1.807, 2.05) is 42.5 Å². The van der Waals surface area contributed by atoms with Gasteiger partial charge in [0.15, 0.2) is 0 Å². The van der Waals surface area contributed by atoms with Gasteiger partial charge in [-0.15, -0.1) is 0 Å². The molecule has 0 atom stereocenters. The molecule has 0 saturated carbocycles. The zero-order chi connectivity index (χ0) is 22.0. The molecule has 1 aromatic heterocycles. The molecule has 0 bridgehead atoms. The van der Waals surface area contributed by atoms with E-state index < -0.39 is 15.6 Å². The number of anilines is 1. The molecular weight excluding hydrogens is 457 g/mol. The van der Waals surface area contributed by atoms with Crippen molar-refractivity contribution in [2.45, 2.75) is 4.90 Å². The fourth-order valence-electron chi connectivity index (χ4n) is 3.01. The second-order valence-corrected chi connectivity index (χ2v) is 9.00. The SMILES string of the molecule is O=c1c(Cl)c(Cl)cnn1-c1ccc(S(=O)(=O)Nc2ccccc2-c2ccccc2)cc1. The van der Waals surface area contributed by atoms with Crippen LogP contribution >= 0.6 is 23.2 Å². The van der Waals surface area contributed by atoms with Crippen molar-refractivity contribution in [1.29, 1.82) is 0 Å². The van der Waals surface area contributed by atoms with Crippen LogP contribution in [0.4, 0.5) is 5.69 Å². The molecule has 9 heteroatoms. The van der Waals surface area contributed by atoms with Crippen molar-refractivity contribution in [3.63, 3.8) is 0 Å². The van der Waals surface area contributed by atoms with Gasteiger partial charge in [0, 0.05) is 5.56 Å². The van der Waals surface area contributed by atoms with Crippen LogP contribution in [0.25, 0.3) is 16.8 Å². The third-order valence-corrected chi connectivity index (χ3v) is 6.65. The molecule has 0 aliphatic heterocycles. The molecule has 156 valence electrons. The molecule has 31 heavy (non-hydrogen) atoms. The summed E-state index contributed by atoms with van der Waals surface area (Å²) in [6.45, 7) is 0. The topological polar surface area (TPSA) is 81.1 Å². The van der Waals surface area contributed by atoms with Crippen molar-refractivity contribution in [2.24, 2.45) is 0 Å². The zero-order valence-corrected chi connectivity index (χ0v) is 18.2. The number of halogens is 2. The summed E-state index contributed by atoms with van der Waals surface area (Å²) in [6, 6.07) is 22.3. The Balaban J connectivity index is 1.66. The van der Waals surface area contributed by atoms with Crippen LogP contribution < -0.4 is 10.3 Å². The minimum Gasteiger partial charge on any atom is -0.279 e. The minimum absolute atomic E-state index is 0.0345. The number of nitrogens with zero attached hydrogens (tertiary/aromatic N) is 2. The molecule has 0 saturated heterocycles. The van der Waals surface area contributed by atoms with Crippen LogP contribution in [0.1, 0.15) is 0 Å². The van der Waals surface area contributed by atoms with Crippen molar-refractivity contribution < 1.29 is 8.42 Å². The molecule has 0 radical (unpaired) electrons. The number of rotatable bonds is 5. The highest BCUT2D eigenvalue weighted by Gasteiger charge is 2.17. The van der Waals surface area contributed by atoms with Crippen molar-refractivity contribution in [3.8, 4) is 16.8 Å². The monoisotopic (exact) mass is 471 g/mol. The second kappa shape index (κ2) is 8.55. The lowest BCUT2D eigenvalue weighted by Crippen LogP contribution is -2.21. The molecule has 1 heterocycles. The maximum Gasteiger partial charge on any atom is 0.291 e. The van der Waals surface area contributed by atoms with Gasteiger partial charge in [0.1, 0.15) is 5.02 Å². The number of benzene rings is 3. The normalized spacial score (nSPS) is 11.3. The molecule has 0 aliphatic rings. The van der Waals surface area contributed by atoms with E-state index in [9.17, 15) is 13.2 Å². The molecule has 0 unspecified atom stereocenters. The Morgan fingerprint density at radius 2 is 1.48 bits per heavy atom. The lowest BCUT2D eigenvalue weighted by atomic mass is 10.0. The van der Waals surface area contributed by atoms with Crippen molar-refractivity contribution in [1.82, 2.24) is 9.78 Å². The van der Waals surface area contributed by atoms with Gasteiger partial charge < -0.3 is 0 Å². The number of para-hydroxylation sites is 1. The quantitative estimate of drug-likeness (QED) is 0.443. The number of hydrogen-bond donors (Lipinski definition) is 1. The first-order valence-corrected chi connectivity index (χ1v) is 11.3. The highest BCUT2D eigenvalue weighted by atomic mass is 35.5. The van der Waals surface area contributed by atoms with E-state index in [4.69, 9.17) is 23.2 Å². The van der Waals surface area contributed by atoms with E-state index in [1.54, 1.807) is 12.1 Å². The molecule has 0 spiro atoms. The van der Waals surface area contributed by atoms with Crippen LogP contribution in [0.15, 0.2) is 94.7 Å². The molecule has 1 N–H and O–H groups in total. The largest absolute Gasteiger partial charge is 0.291 e. The van der Waals surface area contributed by atoms with Gasteiger partial charge in [-0.2, -0.15) is 9.78 Å². The first kappa shape index (κ1) is 21.1. The van der Waals surface area contributed by atoms with E-state index in [2.05, 4.69) is 9.82 Å². The Morgan fingerprint density at radius 3 is 2.19 bits per heavy atom. The maximum atomic E-state index is 13.0. The minimum atomic E-state index is -3.87. The van der Waals surface area contributed by atoms with Crippen molar-refractivity contribution in [3.05, 3.63) is 105 Å². The standard InChI is InChI=1S/C22H15Cl2N3O3S/c23-19-14-25-27(22(28)21(19)24)16-10-12-17(13-11-16)31(29,30)26-20-9-5-4-8-18(20)15-6-2-1-3-7-15/h1-14,26H. The van der Waals surface area contributed by atoms with E-state index in [-0.39, 0.29) is 14.9 Å². The molecule has 3 aromatic carbocycles. The maximum absolute atomic E-state index is 13.0. The predicted octanol–water partition coefficient (Wildman–Crippen LogP) is 5.01. The number of aromatic nitrogens is 2. The summed E-state index contributed by atoms with van der Waals surface area (Å²) >= 11 is 11.7. The van der Waals surface area contributed by atoms with Crippen LogP contribution in [0.5, 0.6) is 0 Å². The number of sulfonamides is 1. The van der Waals surface area contributed by atoms with E-state index in [0.717, 1.165) is 15.8 Å². The van der Waals surface area contributed by atoms with Crippen LogP contribution in [0.2, 0.25) is 10.0 Å². The van der Waals surface area contributed by atoms with Crippen molar-refractivity contribution >= 4 is 38.9 Å². The van der Waals surface area contributed by atoms with E-state index in [0.29, 0.717) is 11.4 Å². The summed E-state index contributed by atoms with van der Waals surface area (Å²) in [4.78, 5) is 12.3. The van der Waals surface area contributed by atoms with E-state index in [1.165, 1.54) is 30.5 Å². The summed E-state index contributed by atoms with van der Waals surface area (Å²) in [5.74, 6) is 0. The molecule has 0 fully saturated rings. The predicted molar refractivity (Wildman–Crippen MR) is 123 cm³/mol. The Kier molecular flexibility index (Phi) is 5.82. The van der Waals surface area contributed by atoms with Crippen LogP contribution in [-0.4, -0.2) is 18.2 Å². The first-order valence-electron chi connectivity index (χ1n) is 9.08. The molecule has 4 aromatic rings. The Bertz CT molecular complexity index is 1400. The highest BCUT2D eigenvalue weighted by molar-refractivity contribution is 7.92. The first-order chi connectivity index (χ1) is 14.9. The van der Waals surface area contributed by atoms with Gasteiger partial charge in [-0.05, 0) is 35.9 Å². The van der Waals surface area contributed by atoms with Gasteiger partial charge in [0.2, 0.25) is 0 Å². The Hall–Kier alpha value is -3.13. The third kappa shape index (κ3) is 4.34. The Labute approximate surface area is 188 Å². The number of hydrogen-bond acceptors (Lipinski definition) is 4. The van der Waals surface area contributed by atoms with Gasteiger partial charge in [-0.1, -0.05) is 71.7 Å². The summed E-state index contributed by atoms with van der Waals surface area (Å²) in [7, 11) is -3.87. The second-order valence-electron chi connectivity index (χ2n) is 6.53. The summed E-state index contributed by atoms with van der Waals surface area (Å²) in [5, 5.41) is 3.82. The Morgan fingerprint density at radius 1 is 0.839 bits per heavy atom. The third-order valence-electron chi connectivity index (χ3n) is 4.52. The van der Waals surface area contributed by atoms with Gasteiger partial charge in [-0.3, -0.25) is 9.52 Å². The van der Waals surface area contributed by atoms with Crippen LogP contribution in [-0.2, 0) is 10.0 Å². The van der Waals surface area contributed by atoms with Gasteiger partial charge in [0.05, 0.1) is 27.5 Å². The van der Waals surface area contributed by atoms with Gasteiger partial charge in [0.25, 0.3) is 15.6 Å². The smallest absolute Gasteiger partial charge is 0.279 e. The summed E-state index contributed by atoms with van der Waals surface area (Å²) < 4.78 is 29.6. The van der Waals surface area contributed by atoms with Gasteiger partial charge >= 0.3 is 0 Å². The summed E-state index contributed by atoms with van der Waals surface area (Å²) in [5.41, 5.74) is 1.86. The lowest BCUT2D eigenvalue weighted by Gasteiger charge is -2.13. The summed E-state index contributed by atoms with van der Waals surface area (Å²) in [6.07, 6.45) is 1.25. The number of nitrogens with one attached hydrogen (secondary N) is 1. The zero-order valence-electron chi connectivity index (χ0n) is 15.9. The van der Waals surface area contributed by atoms with Crippen LogP contribution in [0.3, 0.4) is 0 Å².